The minimum Gasteiger partial charge on any atom is -0.271 e. The van der Waals surface area contributed by atoms with Gasteiger partial charge in [-0.15, -0.1) is 0 Å². The molecule has 2 aromatic rings. The number of nitrogens with two attached hydrogens (primary N) is 1. The van der Waals surface area contributed by atoms with Gasteiger partial charge >= 0.3 is 0 Å². The minimum atomic E-state index is -0.114. The third-order valence-corrected chi connectivity index (χ3v) is 4.17. The van der Waals surface area contributed by atoms with Gasteiger partial charge in [0.15, 0.2) is 0 Å². The van der Waals surface area contributed by atoms with Gasteiger partial charge in [-0.05, 0) is 46.4 Å². The van der Waals surface area contributed by atoms with Crippen LogP contribution in [0.15, 0.2) is 30.5 Å². The second kappa shape index (κ2) is 5.34. The third-order valence-electron chi connectivity index (χ3n) is 2.60. The molecule has 0 amide bonds. The summed E-state index contributed by atoms with van der Waals surface area (Å²) in [5, 5.41) is 4.86. The quantitative estimate of drug-likeness (QED) is 0.500. The van der Waals surface area contributed by atoms with Crippen LogP contribution in [0.1, 0.15) is 17.3 Å². The van der Waals surface area contributed by atoms with Gasteiger partial charge in [-0.2, -0.15) is 5.10 Å². The van der Waals surface area contributed by atoms with E-state index in [-0.39, 0.29) is 6.04 Å². The summed E-state index contributed by atoms with van der Waals surface area (Å²) in [4.78, 5) is 0. The van der Waals surface area contributed by atoms with Crippen LogP contribution in [0, 0.1) is 3.57 Å². The van der Waals surface area contributed by atoms with Gasteiger partial charge in [0, 0.05) is 16.8 Å². The monoisotopic (exact) mass is 362 g/mol. The highest BCUT2D eigenvalue weighted by Gasteiger charge is 2.16. The van der Waals surface area contributed by atoms with E-state index in [1.165, 1.54) is 0 Å². The average molecular weight is 363 g/mol. The smallest absolute Gasteiger partial charge is 0.0878 e. The summed E-state index contributed by atoms with van der Waals surface area (Å²) in [6.45, 7) is 0. The average Bonchev–Trinajstić information content (AvgIpc) is 2.71. The van der Waals surface area contributed by atoms with E-state index in [1.54, 1.807) is 10.9 Å². The molecular weight excluding hydrogens is 351 g/mol. The van der Waals surface area contributed by atoms with E-state index < -0.39 is 0 Å². The summed E-state index contributed by atoms with van der Waals surface area (Å²) in [6, 6.07) is 7.71. The predicted octanol–water partition coefficient (Wildman–Crippen LogP) is 2.23. The Morgan fingerprint density at radius 2 is 2.24 bits per heavy atom. The molecule has 90 valence electrons. The Labute approximate surface area is 118 Å². The van der Waals surface area contributed by atoms with E-state index in [0.29, 0.717) is 0 Å². The molecule has 1 atom stereocenters. The molecule has 0 aliphatic heterocycles. The molecule has 1 unspecified atom stereocenters. The minimum absolute atomic E-state index is 0.114. The molecule has 2 rings (SSSR count). The lowest BCUT2D eigenvalue weighted by atomic mass is 10.0. The zero-order valence-electron chi connectivity index (χ0n) is 9.19. The van der Waals surface area contributed by atoms with E-state index in [0.717, 1.165) is 19.9 Å². The first kappa shape index (κ1) is 12.8. The Kier molecular flexibility index (Phi) is 4.03. The number of hydrogen-bond acceptors (Lipinski definition) is 3. The first-order valence-electron chi connectivity index (χ1n) is 5.02. The number of aryl methyl sites for hydroxylation is 1. The summed E-state index contributed by atoms with van der Waals surface area (Å²) in [7, 11) is 1.88. The molecule has 0 aliphatic carbocycles. The molecule has 17 heavy (non-hydrogen) atoms. The lowest BCUT2D eigenvalue weighted by Crippen LogP contribution is -2.30. The van der Waals surface area contributed by atoms with Crippen molar-refractivity contribution in [2.75, 3.05) is 0 Å². The zero-order valence-corrected chi connectivity index (χ0v) is 12.1. The van der Waals surface area contributed by atoms with Crippen LogP contribution in [0.25, 0.3) is 0 Å². The zero-order chi connectivity index (χ0) is 12.4. The van der Waals surface area contributed by atoms with Crippen molar-refractivity contribution in [2.45, 2.75) is 6.04 Å². The van der Waals surface area contributed by atoms with Gasteiger partial charge in [0.25, 0.3) is 0 Å². The highest BCUT2D eigenvalue weighted by atomic mass is 127. The fourth-order valence-electron chi connectivity index (χ4n) is 1.71. The maximum Gasteiger partial charge on any atom is 0.0878 e. The Morgan fingerprint density at radius 3 is 2.76 bits per heavy atom. The van der Waals surface area contributed by atoms with Gasteiger partial charge in [0.1, 0.15) is 0 Å². The molecule has 0 saturated heterocycles. The predicted molar refractivity (Wildman–Crippen MR) is 76.5 cm³/mol. The molecule has 1 heterocycles. The number of nitrogens with zero attached hydrogens (tertiary/aromatic N) is 2. The van der Waals surface area contributed by atoms with Crippen LogP contribution in [-0.2, 0) is 7.05 Å². The highest BCUT2D eigenvalue weighted by Crippen LogP contribution is 2.26. The van der Waals surface area contributed by atoms with Crippen LogP contribution in [0.5, 0.6) is 0 Å². The molecule has 0 fully saturated rings. The van der Waals surface area contributed by atoms with Crippen molar-refractivity contribution in [3.8, 4) is 0 Å². The molecule has 0 radical (unpaired) electrons. The van der Waals surface area contributed by atoms with Crippen LogP contribution in [0.3, 0.4) is 0 Å². The fourth-order valence-corrected chi connectivity index (χ4v) is 2.24. The van der Waals surface area contributed by atoms with Gasteiger partial charge in [0.05, 0.1) is 16.8 Å². The van der Waals surface area contributed by atoms with Crippen molar-refractivity contribution in [3.05, 3.63) is 50.3 Å². The Balaban J connectivity index is 2.42. The normalized spacial score (nSPS) is 12.7. The molecule has 0 spiro atoms. The molecule has 4 nitrogen and oxygen atoms in total. The van der Waals surface area contributed by atoms with Crippen molar-refractivity contribution in [3.63, 3.8) is 0 Å². The van der Waals surface area contributed by atoms with Crippen LogP contribution in [-0.4, -0.2) is 9.78 Å². The van der Waals surface area contributed by atoms with Gasteiger partial charge < -0.3 is 0 Å². The fraction of sp³-hybridized carbons (Fsp3) is 0.182. The lowest BCUT2D eigenvalue weighted by molar-refractivity contribution is 0.575. The standard InChI is InChI=1S/C11H12ClIN4/c1-17-10(4-5-15-17)11(16-14)7-2-3-9(13)8(12)6-7/h2-6,11,16H,14H2,1H3. The number of nitrogens with one attached hydrogen (secondary N) is 1. The molecule has 3 N–H and O–H groups in total. The number of aromatic nitrogens is 2. The van der Waals surface area contributed by atoms with E-state index in [4.69, 9.17) is 17.4 Å². The van der Waals surface area contributed by atoms with Gasteiger partial charge in [0.2, 0.25) is 0 Å². The number of halogens is 2. The topological polar surface area (TPSA) is 55.9 Å². The van der Waals surface area contributed by atoms with Crippen molar-refractivity contribution in [1.82, 2.24) is 15.2 Å². The van der Waals surface area contributed by atoms with Crippen molar-refractivity contribution in [1.29, 1.82) is 0 Å². The van der Waals surface area contributed by atoms with Gasteiger partial charge in [-0.3, -0.25) is 10.5 Å². The second-order valence-electron chi connectivity index (χ2n) is 3.65. The summed E-state index contributed by atoms with van der Waals surface area (Å²) < 4.78 is 2.81. The van der Waals surface area contributed by atoms with Crippen LogP contribution < -0.4 is 11.3 Å². The molecule has 0 aliphatic rings. The lowest BCUT2D eigenvalue weighted by Gasteiger charge is -2.17. The Morgan fingerprint density at radius 1 is 1.47 bits per heavy atom. The number of benzene rings is 1. The maximum atomic E-state index is 6.12. The van der Waals surface area contributed by atoms with E-state index >= 15 is 0 Å². The van der Waals surface area contributed by atoms with Crippen molar-refractivity contribution in [2.24, 2.45) is 12.9 Å². The van der Waals surface area contributed by atoms with Crippen LogP contribution >= 0.6 is 34.2 Å². The van der Waals surface area contributed by atoms with Crippen LogP contribution in [0.4, 0.5) is 0 Å². The Hall–Kier alpha value is -0.630. The SMILES string of the molecule is Cn1nccc1C(NN)c1ccc(I)c(Cl)c1. The molecule has 0 saturated carbocycles. The first-order chi connectivity index (χ1) is 8.13. The molecular formula is C11H12ClIN4. The number of rotatable bonds is 3. The Bertz CT molecular complexity index is 526. The van der Waals surface area contributed by atoms with Gasteiger partial charge in [-0.1, -0.05) is 17.7 Å². The number of hydrogen-bond donors (Lipinski definition) is 2. The van der Waals surface area contributed by atoms with Crippen LogP contribution in [0.2, 0.25) is 5.02 Å². The van der Waals surface area contributed by atoms with E-state index in [9.17, 15) is 0 Å². The third kappa shape index (κ3) is 2.62. The van der Waals surface area contributed by atoms with E-state index in [2.05, 4.69) is 33.1 Å². The summed E-state index contributed by atoms with van der Waals surface area (Å²) >= 11 is 8.31. The summed E-state index contributed by atoms with van der Waals surface area (Å²) in [5.41, 5.74) is 4.79. The maximum absolute atomic E-state index is 6.12. The molecule has 0 bridgehead atoms. The molecule has 6 heteroatoms. The first-order valence-corrected chi connectivity index (χ1v) is 6.48. The number of hydrazine groups is 1. The highest BCUT2D eigenvalue weighted by molar-refractivity contribution is 14.1. The molecule has 1 aromatic carbocycles. The van der Waals surface area contributed by atoms with Gasteiger partial charge in [-0.25, -0.2) is 5.43 Å². The molecule has 1 aromatic heterocycles. The summed E-state index contributed by atoms with van der Waals surface area (Å²) in [5.74, 6) is 5.62. The van der Waals surface area contributed by atoms with E-state index in [1.807, 2.05) is 31.3 Å². The van der Waals surface area contributed by atoms with Crippen molar-refractivity contribution < 1.29 is 0 Å². The second-order valence-corrected chi connectivity index (χ2v) is 5.22. The van der Waals surface area contributed by atoms with Crippen molar-refractivity contribution >= 4 is 34.2 Å². The largest absolute Gasteiger partial charge is 0.271 e. The summed E-state index contributed by atoms with van der Waals surface area (Å²) in [6.07, 6.45) is 1.74.